The third-order valence-electron chi connectivity index (χ3n) is 5.59. The van der Waals surface area contributed by atoms with Crippen molar-refractivity contribution in [2.75, 3.05) is 24.9 Å². The summed E-state index contributed by atoms with van der Waals surface area (Å²) < 4.78 is 34.4. The van der Waals surface area contributed by atoms with Gasteiger partial charge in [-0.2, -0.15) is 0 Å². The average Bonchev–Trinajstić information content (AvgIpc) is 3.05. The zero-order valence-electron chi connectivity index (χ0n) is 17.3. The molecule has 0 amide bonds. The van der Waals surface area contributed by atoms with Crippen molar-refractivity contribution < 1.29 is 22.7 Å². The van der Waals surface area contributed by atoms with Gasteiger partial charge in [0.05, 0.1) is 7.11 Å². The minimum atomic E-state index is -4.31. The summed E-state index contributed by atoms with van der Waals surface area (Å²) in [5, 5.41) is 0. The Morgan fingerprint density at radius 2 is 1.42 bits per heavy atom. The van der Waals surface area contributed by atoms with Gasteiger partial charge in [0.25, 0.3) is 10.0 Å². The molecular formula is C23H24N2O5S. The van der Waals surface area contributed by atoms with E-state index >= 15 is 0 Å². The number of methoxy groups -OCH3 is 1. The Hall–Kier alpha value is -3.13. The van der Waals surface area contributed by atoms with Crippen molar-refractivity contribution >= 4 is 27.3 Å². The fourth-order valence-corrected chi connectivity index (χ4v) is 5.41. The van der Waals surface area contributed by atoms with Crippen LogP contribution in [-0.2, 0) is 10.0 Å². The lowest BCUT2D eigenvalue weighted by atomic mass is 9.91. The van der Waals surface area contributed by atoms with Crippen LogP contribution in [0.2, 0.25) is 0 Å². The lowest BCUT2D eigenvalue weighted by Crippen LogP contribution is -2.38. The van der Waals surface area contributed by atoms with E-state index in [4.69, 9.17) is 4.74 Å². The van der Waals surface area contributed by atoms with Crippen LogP contribution in [0.5, 0.6) is 5.75 Å². The molecule has 2 aromatic rings. The number of nitrogens with zero attached hydrogens (tertiary/aromatic N) is 1. The number of ether oxygens (including phenoxy) is 1. The van der Waals surface area contributed by atoms with E-state index in [1.54, 1.807) is 47.4 Å². The molecule has 7 nitrogen and oxygen atoms in total. The lowest BCUT2D eigenvalue weighted by molar-refractivity contribution is 0.0947. The maximum atomic E-state index is 13.4. The Bertz CT molecular complexity index is 1140. The highest BCUT2D eigenvalue weighted by atomic mass is 32.2. The predicted molar refractivity (Wildman–Crippen MR) is 118 cm³/mol. The van der Waals surface area contributed by atoms with Crippen molar-refractivity contribution in [3.8, 4) is 5.75 Å². The zero-order chi connectivity index (χ0) is 22.0. The first-order valence-corrected chi connectivity index (χ1v) is 11.8. The fourth-order valence-electron chi connectivity index (χ4n) is 4.04. The lowest BCUT2D eigenvalue weighted by Gasteiger charge is -2.30. The molecule has 162 valence electrons. The van der Waals surface area contributed by atoms with E-state index in [-0.39, 0.29) is 22.5 Å². The Kier molecular flexibility index (Phi) is 5.82. The number of carbonyl (C=O) groups excluding carboxylic acids is 2. The van der Waals surface area contributed by atoms with Crippen molar-refractivity contribution in [3.63, 3.8) is 0 Å². The summed E-state index contributed by atoms with van der Waals surface area (Å²) in [5.41, 5.74) is 0.616. The molecule has 2 aliphatic rings. The molecule has 1 aliphatic carbocycles. The Labute approximate surface area is 181 Å². The van der Waals surface area contributed by atoms with Crippen LogP contribution in [-0.4, -0.2) is 45.1 Å². The summed E-state index contributed by atoms with van der Waals surface area (Å²) in [6.07, 6.45) is 3.70. The number of sulfonamides is 1. The standard InChI is InChI=1S/C23H24N2O5S/c1-30-17-12-10-16(11-13-17)24-31(28,29)23-20(25-14-6-2-3-7-15-25)21(26)18-8-4-5-9-19(18)22(23)27/h4-5,8-13,24H,2-3,6-7,14-15H2,1H3. The van der Waals surface area contributed by atoms with Crippen molar-refractivity contribution in [1.29, 1.82) is 0 Å². The van der Waals surface area contributed by atoms with E-state index < -0.39 is 26.5 Å². The molecule has 0 spiro atoms. The molecule has 1 N–H and O–H groups in total. The van der Waals surface area contributed by atoms with Gasteiger partial charge < -0.3 is 9.64 Å². The summed E-state index contributed by atoms with van der Waals surface area (Å²) >= 11 is 0. The van der Waals surface area contributed by atoms with Gasteiger partial charge in [0, 0.05) is 29.9 Å². The molecule has 1 fully saturated rings. The van der Waals surface area contributed by atoms with Gasteiger partial charge in [-0.05, 0) is 37.1 Å². The van der Waals surface area contributed by atoms with E-state index in [2.05, 4.69) is 4.72 Å². The topological polar surface area (TPSA) is 92.8 Å². The largest absolute Gasteiger partial charge is 0.497 e. The monoisotopic (exact) mass is 440 g/mol. The Balaban J connectivity index is 1.83. The number of benzene rings is 2. The zero-order valence-corrected chi connectivity index (χ0v) is 18.1. The number of Topliss-reactive ketones (excluding diaryl/α,β-unsaturated/α-hetero) is 2. The number of fused-ring (bicyclic) bond motifs is 1. The molecule has 31 heavy (non-hydrogen) atoms. The molecule has 4 rings (SSSR count). The van der Waals surface area contributed by atoms with Gasteiger partial charge >= 0.3 is 0 Å². The van der Waals surface area contributed by atoms with Crippen LogP contribution in [0.3, 0.4) is 0 Å². The van der Waals surface area contributed by atoms with E-state index in [0.717, 1.165) is 25.7 Å². The minimum absolute atomic E-state index is 0.0217. The summed E-state index contributed by atoms with van der Waals surface area (Å²) in [7, 11) is -2.80. The highest BCUT2D eigenvalue weighted by Crippen LogP contribution is 2.33. The highest BCUT2D eigenvalue weighted by Gasteiger charge is 2.41. The van der Waals surface area contributed by atoms with Crippen LogP contribution in [0.15, 0.2) is 59.1 Å². The summed E-state index contributed by atoms with van der Waals surface area (Å²) in [4.78, 5) is 28.1. The SMILES string of the molecule is COc1ccc(NS(=O)(=O)C2=C(N3CCCCCC3)C(=O)c3ccccc3C2=O)cc1. The van der Waals surface area contributed by atoms with E-state index in [1.807, 2.05) is 0 Å². The second-order valence-electron chi connectivity index (χ2n) is 7.62. The van der Waals surface area contributed by atoms with Crippen LogP contribution in [0.1, 0.15) is 46.4 Å². The van der Waals surface area contributed by atoms with Gasteiger partial charge in [-0.3, -0.25) is 14.3 Å². The predicted octanol–water partition coefficient (Wildman–Crippen LogP) is 3.60. The van der Waals surface area contributed by atoms with Crippen molar-refractivity contribution in [1.82, 2.24) is 4.90 Å². The normalized spacial score (nSPS) is 17.3. The molecule has 1 saturated heterocycles. The Morgan fingerprint density at radius 1 is 0.839 bits per heavy atom. The molecule has 0 aromatic heterocycles. The molecule has 0 unspecified atom stereocenters. The van der Waals surface area contributed by atoms with Gasteiger partial charge in [-0.25, -0.2) is 8.42 Å². The highest BCUT2D eigenvalue weighted by molar-refractivity contribution is 7.97. The molecule has 0 radical (unpaired) electrons. The third kappa shape index (κ3) is 4.07. The van der Waals surface area contributed by atoms with Gasteiger partial charge in [0.1, 0.15) is 11.4 Å². The molecule has 2 aromatic carbocycles. The van der Waals surface area contributed by atoms with Crippen molar-refractivity contribution in [3.05, 3.63) is 70.3 Å². The number of likely N-dealkylation sites (tertiary alicyclic amines) is 1. The summed E-state index contributed by atoms with van der Waals surface area (Å²) in [6, 6.07) is 12.7. The van der Waals surface area contributed by atoms with E-state index in [1.165, 1.54) is 13.2 Å². The summed E-state index contributed by atoms with van der Waals surface area (Å²) in [6.45, 7) is 1.08. The number of anilines is 1. The second-order valence-corrected chi connectivity index (χ2v) is 9.24. The quantitative estimate of drug-likeness (QED) is 0.764. The number of carbonyl (C=O) groups is 2. The smallest absolute Gasteiger partial charge is 0.268 e. The van der Waals surface area contributed by atoms with Crippen LogP contribution in [0, 0.1) is 0 Å². The molecular weight excluding hydrogens is 416 g/mol. The maximum Gasteiger partial charge on any atom is 0.268 e. The van der Waals surface area contributed by atoms with Crippen molar-refractivity contribution in [2.24, 2.45) is 0 Å². The van der Waals surface area contributed by atoms with E-state index in [9.17, 15) is 18.0 Å². The van der Waals surface area contributed by atoms with Gasteiger partial charge in [-0.15, -0.1) is 0 Å². The molecule has 1 aliphatic heterocycles. The first kappa shape index (κ1) is 21.1. The van der Waals surface area contributed by atoms with Gasteiger partial charge in [-0.1, -0.05) is 37.1 Å². The minimum Gasteiger partial charge on any atom is -0.497 e. The maximum absolute atomic E-state index is 13.4. The first-order valence-electron chi connectivity index (χ1n) is 10.3. The van der Waals surface area contributed by atoms with E-state index in [0.29, 0.717) is 18.8 Å². The number of hydrogen-bond acceptors (Lipinski definition) is 6. The van der Waals surface area contributed by atoms with Gasteiger partial charge in [0.15, 0.2) is 4.91 Å². The van der Waals surface area contributed by atoms with Crippen LogP contribution >= 0.6 is 0 Å². The second kappa shape index (κ2) is 8.55. The molecule has 8 heteroatoms. The van der Waals surface area contributed by atoms with Crippen molar-refractivity contribution in [2.45, 2.75) is 25.7 Å². The van der Waals surface area contributed by atoms with Crippen LogP contribution in [0.4, 0.5) is 5.69 Å². The number of hydrogen-bond donors (Lipinski definition) is 1. The number of rotatable bonds is 5. The summed E-state index contributed by atoms with van der Waals surface area (Å²) in [5.74, 6) is -0.507. The number of ketones is 2. The fraction of sp³-hybridized carbons (Fsp3) is 0.304. The average molecular weight is 441 g/mol. The number of nitrogens with one attached hydrogen (secondary N) is 1. The molecule has 0 atom stereocenters. The third-order valence-corrected chi connectivity index (χ3v) is 7.01. The molecule has 0 saturated carbocycles. The molecule has 0 bridgehead atoms. The molecule has 1 heterocycles. The van der Waals surface area contributed by atoms with Gasteiger partial charge in [0.2, 0.25) is 11.6 Å². The van der Waals surface area contributed by atoms with Crippen LogP contribution in [0.25, 0.3) is 0 Å². The first-order chi connectivity index (χ1) is 14.9. The van der Waals surface area contributed by atoms with Crippen LogP contribution < -0.4 is 9.46 Å². The Morgan fingerprint density at radius 3 is 2.00 bits per heavy atom. The number of allylic oxidation sites excluding steroid dienone is 2.